The first-order valence-electron chi connectivity index (χ1n) is 10.2. The quantitative estimate of drug-likeness (QED) is 0.590. The van der Waals surface area contributed by atoms with Crippen molar-refractivity contribution in [3.8, 4) is 5.75 Å². The average molecular weight is 398 g/mol. The van der Waals surface area contributed by atoms with Crippen molar-refractivity contribution < 1.29 is 14.3 Å². The van der Waals surface area contributed by atoms with Crippen molar-refractivity contribution in [2.75, 3.05) is 36.9 Å². The third kappa shape index (κ3) is 7.14. The summed E-state index contributed by atoms with van der Waals surface area (Å²) in [6.07, 6.45) is 1.83. The Morgan fingerprint density at radius 1 is 0.931 bits per heavy atom. The number of benzene rings is 2. The molecule has 156 valence electrons. The van der Waals surface area contributed by atoms with Gasteiger partial charge in [-0.25, -0.2) is 0 Å². The van der Waals surface area contributed by atoms with Gasteiger partial charge in [0.1, 0.15) is 5.75 Å². The molecule has 2 amide bonds. The first-order valence-corrected chi connectivity index (χ1v) is 10.2. The Labute approximate surface area is 173 Å². The Balaban J connectivity index is 1.93. The first-order chi connectivity index (χ1) is 14.1. The van der Waals surface area contributed by atoms with Gasteiger partial charge in [-0.2, -0.15) is 0 Å². The molecule has 0 aliphatic heterocycles. The van der Waals surface area contributed by atoms with E-state index in [0.717, 1.165) is 37.4 Å². The fourth-order valence-corrected chi connectivity index (χ4v) is 2.99. The van der Waals surface area contributed by atoms with Gasteiger partial charge in [0, 0.05) is 30.0 Å². The molecule has 0 bridgehead atoms. The number of hydrogen-bond acceptors (Lipinski definition) is 4. The summed E-state index contributed by atoms with van der Waals surface area (Å²) in [5.41, 5.74) is 2.04. The number of rotatable bonds is 11. The topological polar surface area (TPSA) is 70.7 Å². The van der Waals surface area contributed by atoms with Crippen molar-refractivity contribution in [2.45, 2.75) is 33.6 Å². The molecule has 2 rings (SSSR count). The lowest BCUT2D eigenvalue weighted by molar-refractivity contribution is -0.114. The van der Waals surface area contributed by atoms with Crippen LogP contribution >= 0.6 is 0 Å². The number of carbonyl (C=O) groups excluding carboxylic acids is 2. The molecule has 0 unspecified atom stereocenters. The summed E-state index contributed by atoms with van der Waals surface area (Å²) in [7, 11) is 0. The van der Waals surface area contributed by atoms with Crippen LogP contribution in [0.15, 0.2) is 48.5 Å². The number of hydrogen-bond donors (Lipinski definition) is 2. The molecule has 2 aromatic rings. The van der Waals surface area contributed by atoms with E-state index in [1.807, 2.05) is 36.1 Å². The average Bonchev–Trinajstić information content (AvgIpc) is 2.73. The largest absolute Gasteiger partial charge is 0.494 e. The van der Waals surface area contributed by atoms with Gasteiger partial charge >= 0.3 is 0 Å². The predicted octanol–water partition coefficient (Wildman–Crippen LogP) is 4.40. The summed E-state index contributed by atoms with van der Waals surface area (Å²) >= 11 is 0. The Bertz CT molecular complexity index is 784. The Morgan fingerprint density at radius 3 is 2.24 bits per heavy atom. The highest BCUT2D eigenvalue weighted by Crippen LogP contribution is 2.16. The van der Waals surface area contributed by atoms with Gasteiger partial charge < -0.3 is 20.3 Å². The molecule has 0 aliphatic carbocycles. The maximum absolute atomic E-state index is 12.7. The summed E-state index contributed by atoms with van der Waals surface area (Å²) < 4.78 is 5.41. The molecule has 0 aliphatic rings. The second-order valence-electron chi connectivity index (χ2n) is 6.73. The van der Waals surface area contributed by atoms with Gasteiger partial charge in [-0.05, 0) is 62.2 Å². The van der Waals surface area contributed by atoms with Gasteiger partial charge in [-0.1, -0.05) is 19.9 Å². The van der Waals surface area contributed by atoms with Crippen molar-refractivity contribution in [1.29, 1.82) is 0 Å². The minimum atomic E-state index is -0.178. The summed E-state index contributed by atoms with van der Waals surface area (Å²) in [6, 6.07) is 14.5. The van der Waals surface area contributed by atoms with Crippen LogP contribution in [0, 0.1) is 0 Å². The van der Waals surface area contributed by atoms with Gasteiger partial charge in [-0.3, -0.25) is 9.59 Å². The molecule has 0 heterocycles. The van der Waals surface area contributed by atoms with Crippen molar-refractivity contribution in [1.82, 2.24) is 4.90 Å². The second kappa shape index (κ2) is 11.7. The number of carbonyl (C=O) groups is 2. The van der Waals surface area contributed by atoms with Gasteiger partial charge in [0.05, 0.1) is 13.2 Å². The minimum absolute atomic E-state index is 0.00249. The highest BCUT2D eigenvalue weighted by Gasteiger charge is 2.15. The van der Waals surface area contributed by atoms with Crippen LogP contribution in [0.2, 0.25) is 0 Å². The Morgan fingerprint density at radius 2 is 1.62 bits per heavy atom. The smallest absolute Gasteiger partial charge is 0.253 e. The highest BCUT2D eigenvalue weighted by molar-refractivity contribution is 5.98. The minimum Gasteiger partial charge on any atom is -0.494 e. The molecule has 0 saturated heterocycles. The van der Waals surface area contributed by atoms with E-state index in [1.165, 1.54) is 0 Å². The SMILES string of the molecule is CCCN(CCC)C(=O)c1cccc(NC(=O)CNc2ccc(OCC)cc2)c1. The first kappa shape index (κ1) is 22.3. The molecule has 2 aromatic carbocycles. The molecule has 0 atom stereocenters. The number of amides is 2. The van der Waals surface area contributed by atoms with Crippen LogP contribution in [-0.2, 0) is 4.79 Å². The van der Waals surface area contributed by atoms with Crippen LogP contribution in [0.4, 0.5) is 11.4 Å². The molecular formula is C23H31N3O3. The molecule has 0 radical (unpaired) electrons. The molecular weight excluding hydrogens is 366 g/mol. The van der Waals surface area contributed by atoms with E-state index in [1.54, 1.807) is 24.3 Å². The Kier molecular flexibility index (Phi) is 9.02. The fraction of sp³-hybridized carbons (Fsp3) is 0.391. The molecule has 29 heavy (non-hydrogen) atoms. The summed E-state index contributed by atoms with van der Waals surface area (Å²) in [5.74, 6) is 0.615. The molecule has 0 spiro atoms. The van der Waals surface area contributed by atoms with E-state index < -0.39 is 0 Å². The van der Waals surface area contributed by atoms with Crippen molar-refractivity contribution in [3.63, 3.8) is 0 Å². The van der Waals surface area contributed by atoms with Crippen LogP contribution < -0.4 is 15.4 Å². The third-order valence-corrected chi connectivity index (χ3v) is 4.29. The van der Waals surface area contributed by atoms with Gasteiger partial charge in [0.15, 0.2) is 0 Å². The van der Waals surface area contributed by atoms with E-state index in [4.69, 9.17) is 4.74 Å². The van der Waals surface area contributed by atoms with Crippen LogP contribution in [0.5, 0.6) is 5.75 Å². The fourth-order valence-electron chi connectivity index (χ4n) is 2.99. The van der Waals surface area contributed by atoms with E-state index in [0.29, 0.717) is 17.9 Å². The lowest BCUT2D eigenvalue weighted by Gasteiger charge is -2.21. The van der Waals surface area contributed by atoms with E-state index in [-0.39, 0.29) is 18.4 Å². The third-order valence-electron chi connectivity index (χ3n) is 4.29. The molecule has 6 heteroatoms. The summed E-state index contributed by atoms with van der Waals surface area (Å²) in [5, 5.41) is 5.93. The van der Waals surface area contributed by atoms with E-state index in [9.17, 15) is 9.59 Å². The summed E-state index contributed by atoms with van der Waals surface area (Å²) in [6.45, 7) is 8.26. The van der Waals surface area contributed by atoms with Crippen molar-refractivity contribution in [3.05, 3.63) is 54.1 Å². The molecule has 2 N–H and O–H groups in total. The maximum atomic E-state index is 12.7. The van der Waals surface area contributed by atoms with Gasteiger partial charge in [0.25, 0.3) is 5.91 Å². The molecule has 0 fully saturated rings. The molecule has 6 nitrogen and oxygen atoms in total. The maximum Gasteiger partial charge on any atom is 0.253 e. The monoisotopic (exact) mass is 397 g/mol. The normalized spacial score (nSPS) is 10.3. The lowest BCUT2D eigenvalue weighted by Crippen LogP contribution is -2.32. The second-order valence-corrected chi connectivity index (χ2v) is 6.73. The van der Waals surface area contributed by atoms with Gasteiger partial charge in [-0.15, -0.1) is 0 Å². The number of ether oxygens (including phenoxy) is 1. The van der Waals surface area contributed by atoms with Gasteiger partial charge in [0.2, 0.25) is 5.91 Å². The van der Waals surface area contributed by atoms with Crippen LogP contribution in [0.1, 0.15) is 44.0 Å². The Hall–Kier alpha value is -3.02. The zero-order valence-corrected chi connectivity index (χ0v) is 17.5. The van der Waals surface area contributed by atoms with E-state index in [2.05, 4.69) is 24.5 Å². The highest BCUT2D eigenvalue weighted by atomic mass is 16.5. The zero-order valence-electron chi connectivity index (χ0n) is 17.5. The van der Waals surface area contributed by atoms with Crippen molar-refractivity contribution in [2.24, 2.45) is 0 Å². The van der Waals surface area contributed by atoms with Crippen LogP contribution in [0.25, 0.3) is 0 Å². The number of nitrogens with one attached hydrogen (secondary N) is 2. The standard InChI is InChI=1S/C23H31N3O3/c1-4-14-26(15-5-2)23(28)18-8-7-9-20(16-18)25-22(27)17-24-19-10-12-21(13-11-19)29-6-3/h7-13,16,24H,4-6,14-15,17H2,1-3H3,(H,25,27). The lowest BCUT2D eigenvalue weighted by atomic mass is 10.1. The van der Waals surface area contributed by atoms with Crippen molar-refractivity contribution >= 4 is 23.2 Å². The van der Waals surface area contributed by atoms with E-state index >= 15 is 0 Å². The molecule has 0 aromatic heterocycles. The van der Waals surface area contributed by atoms with Crippen LogP contribution in [-0.4, -0.2) is 43.0 Å². The zero-order chi connectivity index (χ0) is 21.1. The summed E-state index contributed by atoms with van der Waals surface area (Å²) in [4.78, 5) is 26.9. The van der Waals surface area contributed by atoms with Crippen LogP contribution in [0.3, 0.4) is 0 Å². The predicted molar refractivity (Wildman–Crippen MR) is 118 cm³/mol. The number of anilines is 2. The number of nitrogens with zero attached hydrogens (tertiary/aromatic N) is 1. The molecule has 0 saturated carbocycles.